The van der Waals surface area contributed by atoms with Crippen molar-refractivity contribution in [3.05, 3.63) is 35.1 Å². The monoisotopic (exact) mass is 266 g/mol. The van der Waals surface area contributed by atoms with Crippen molar-refractivity contribution < 1.29 is 9.90 Å². The maximum atomic E-state index is 11.6. The Labute approximate surface area is 111 Å². The minimum atomic E-state index is -0.164. The summed E-state index contributed by atoms with van der Waals surface area (Å²) in [5.41, 5.74) is 0.761. The Morgan fingerprint density at radius 1 is 1.61 bits per heavy atom. The summed E-state index contributed by atoms with van der Waals surface area (Å²) < 4.78 is 0. The first kappa shape index (κ1) is 13.1. The van der Waals surface area contributed by atoms with Crippen molar-refractivity contribution in [1.82, 2.24) is 10.3 Å². The van der Waals surface area contributed by atoms with Crippen LogP contribution < -0.4 is 5.32 Å². The molecule has 0 radical (unpaired) electrons. The summed E-state index contributed by atoms with van der Waals surface area (Å²) in [4.78, 5) is 15.4. The Kier molecular flexibility index (Phi) is 3.99. The Morgan fingerprint density at radius 2 is 2.39 bits per heavy atom. The molecule has 2 N–H and O–H groups in total. The van der Waals surface area contributed by atoms with E-state index in [9.17, 15) is 4.79 Å². The quantitative estimate of drug-likeness (QED) is 0.629. The number of pyridine rings is 1. The molecule has 1 heterocycles. The number of nitrogens with one attached hydrogen (secondary N) is 1. The number of nitrogens with zero attached hydrogens (tertiary/aromatic N) is 1. The SMILES string of the molecule is O=C(/C=C/c1ccnc(Cl)c1)NCC1(CO)CC1. The average molecular weight is 267 g/mol. The van der Waals surface area contributed by atoms with Crippen molar-refractivity contribution in [1.29, 1.82) is 0 Å². The molecule has 0 atom stereocenters. The first-order valence-electron chi connectivity index (χ1n) is 5.82. The van der Waals surface area contributed by atoms with Crippen LogP contribution in [0.3, 0.4) is 0 Å². The number of carbonyl (C=O) groups excluding carboxylic acids is 1. The fourth-order valence-corrected chi connectivity index (χ4v) is 1.78. The summed E-state index contributed by atoms with van der Waals surface area (Å²) in [6.45, 7) is 0.667. The Balaban J connectivity index is 1.83. The number of aliphatic hydroxyl groups is 1. The van der Waals surface area contributed by atoms with Gasteiger partial charge >= 0.3 is 0 Å². The number of halogens is 1. The highest BCUT2D eigenvalue weighted by Crippen LogP contribution is 2.44. The zero-order chi connectivity index (χ0) is 13.0. The van der Waals surface area contributed by atoms with Gasteiger partial charge in [0.15, 0.2) is 0 Å². The first-order valence-corrected chi connectivity index (χ1v) is 6.20. The highest BCUT2D eigenvalue weighted by atomic mass is 35.5. The van der Waals surface area contributed by atoms with Crippen LogP contribution in [-0.2, 0) is 4.79 Å². The van der Waals surface area contributed by atoms with E-state index in [0.29, 0.717) is 11.7 Å². The van der Waals surface area contributed by atoms with Gasteiger partial charge in [0.2, 0.25) is 5.91 Å². The molecule has 0 aliphatic heterocycles. The van der Waals surface area contributed by atoms with Gasteiger partial charge in [-0.25, -0.2) is 4.98 Å². The van der Waals surface area contributed by atoms with Crippen LogP contribution >= 0.6 is 11.6 Å². The molecule has 1 fully saturated rings. The van der Waals surface area contributed by atoms with Gasteiger partial charge in [-0.2, -0.15) is 0 Å². The Bertz CT molecular complexity index is 470. The van der Waals surface area contributed by atoms with Crippen molar-refractivity contribution >= 4 is 23.6 Å². The maximum Gasteiger partial charge on any atom is 0.244 e. The number of hydrogen-bond donors (Lipinski definition) is 2. The van der Waals surface area contributed by atoms with E-state index in [-0.39, 0.29) is 17.9 Å². The fourth-order valence-electron chi connectivity index (χ4n) is 1.59. The van der Waals surface area contributed by atoms with Gasteiger partial charge in [0.25, 0.3) is 0 Å². The lowest BCUT2D eigenvalue weighted by molar-refractivity contribution is -0.116. The standard InChI is InChI=1S/C13H15ClN2O2/c14-11-7-10(3-6-15-11)1-2-12(18)16-8-13(9-17)4-5-13/h1-3,6-7,17H,4-5,8-9H2,(H,16,18)/b2-1+. The minimum Gasteiger partial charge on any atom is -0.396 e. The lowest BCUT2D eigenvalue weighted by Gasteiger charge is -2.10. The molecule has 1 amide bonds. The van der Waals surface area contributed by atoms with Crippen LogP contribution in [0.25, 0.3) is 6.08 Å². The second-order valence-corrected chi connectivity index (χ2v) is 5.01. The normalized spacial score (nSPS) is 16.8. The highest BCUT2D eigenvalue weighted by molar-refractivity contribution is 6.29. The van der Waals surface area contributed by atoms with Gasteiger partial charge in [0.1, 0.15) is 5.15 Å². The van der Waals surface area contributed by atoms with Crippen LogP contribution in [0.4, 0.5) is 0 Å². The van der Waals surface area contributed by atoms with Crippen LogP contribution in [0.5, 0.6) is 0 Å². The molecule has 96 valence electrons. The zero-order valence-electron chi connectivity index (χ0n) is 9.90. The molecule has 1 aliphatic rings. The topological polar surface area (TPSA) is 62.2 Å². The summed E-state index contributed by atoms with van der Waals surface area (Å²) in [6, 6.07) is 3.45. The number of rotatable bonds is 5. The second-order valence-electron chi connectivity index (χ2n) is 4.62. The van der Waals surface area contributed by atoms with Crippen LogP contribution in [0.2, 0.25) is 5.15 Å². The summed E-state index contributed by atoms with van der Waals surface area (Å²) in [5, 5.41) is 12.3. The molecule has 0 spiro atoms. The lowest BCUT2D eigenvalue weighted by Crippen LogP contribution is -2.30. The zero-order valence-corrected chi connectivity index (χ0v) is 10.7. The largest absolute Gasteiger partial charge is 0.396 e. The molecule has 0 saturated heterocycles. The molecule has 4 nitrogen and oxygen atoms in total. The van der Waals surface area contributed by atoms with Crippen molar-refractivity contribution in [2.45, 2.75) is 12.8 Å². The molecule has 5 heteroatoms. The van der Waals surface area contributed by atoms with Crippen LogP contribution in [-0.4, -0.2) is 29.1 Å². The van der Waals surface area contributed by atoms with E-state index in [1.807, 2.05) is 0 Å². The fraction of sp³-hybridized carbons (Fsp3) is 0.385. The van der Waals surface area contributed by atoms with E-state index >= 15 is 0 Å². The van der Waals surface area contributed by atoms with E-state index in [1.165, 1.54) is 6.08 Å². The molecule has 1 aromatic rings. The number of hydrogen-bond acceptors (Lipinski definition) is 3. The molecule has 0 bridgehead atoms. The number of aliphatic hydroxyl groups excluding tert-OH is 1. The van der Waals surface area contributed by atoms with Crippen LogP contribution in [0, 0.1) is 5.41 Å². The van der Waals surface area contributed by atoms with Crippen molar-refractivity contribution in [2.75, 3.05) is 13.2 Å². The van der Waals surface area contributed by atoms with Crippen molar-refractivity contribution in [2.24, 2.45) is 5.41 Å². The van der Waals surface area contributed by atoms with E-state index in [1.54, 1.807) is 24.4 Å². The number of amides is 1. The van der Waals surface area contributed by atoms with Gasteiger partial charge in [-0.05, 0) is 36.6 Å². The number of carbonyl (C=O) groups is 1. The second kappa shape index (κ2) is 5.50. The molecule has 1 saturated carbocycles. The third kappa shape index (κ3) is 3.55. The molecule has 0 unspecified atom stereocenters. The highest BCUT2D eigenvalue weighted by Gasteiger charge is 2.41. The van der Waals surface area contributed by atoms with E-state index < -0.39 is 0 Å². The summed E-state index contributed by atoms with van der Waals surface area (Å²) >= 11 is 5.73. The first-order chi connectivity index (χ1) is 8.63. The van der Waals surface area contributed by atoms with Gasteiger partial charge in [0.05, 0.1) is 6.61 Å². The van der Waals surface area contributed by atoms with Crippen molar-refractivity contribution in [3.63, 3.8) is 0 Å². The van der Waals surface area contributed by atoms with Gasteiger partial charge in [-0.3, -0.25) is 4.79 Å². The van der Waals surface area contributed by atoms with E-state index in [4.69, 9.17) is 16.7 Å². The van der Waals surface area contributed by atoms with Gasteiger partial charge in [0, 0.05) is 24.2 Å². The molecule has 18 heavy (non-hydrogen) atoms. The molecule has 1 aliphatic carbocycles. The summed E-state index contributed by atoms with van der Waals surface area (Å²) in [7, 11) is 0. The minimum absolute atomic E-state index is 0.0660. The van der Waals surface area contributed by atoms with Crippen LogP contribution in [0.15, 0.2) is 24.4 Å². The predicted molar refractivity (Wildman–Crippen MR) is 70.0 cm³/mol. The molecular weight excluding hydrogens is 252 g/mol. The molecule has 1 aromatic heterocycles. The van der Waals surface area contributed by atoms with Gasteiger partial charge in [-0.15, -0.1) is 0 Å². The van der Waals surface area contributed by atoms with E-state index in [0.717, 1.165) is 18.4 Å². The van der Waals surface area contributed by atoms with Crippen LogP contribution in [0.1, 0.15) is 18.4 Å². The number of aromatic nitrogens is 1. The van der Waals surface area contributed by atoms with Gasteiger partial charge < -0.3 is 10.4 Å². The summed E-state index contributed by atoms with van der Waals surface area (Å²) in [6.07, 6.45) is 6.69. The average Bonchev–Trinajstić information content (AvgIpc) is 3.15. The third-order valence-electron chi connectivity index (χ3n) is 3.11. The predicted octanol–water partition coefficient (Wildman–Crippen LogP) is 1.64. The third-order valence-corrected chi connectivity index (χ3v) is 3.31. The Morgan fingerprint density at radius 3 is 3.00 bits per heavy atom. The van der Waals surface area contributed by atoms with Gasteiger partial charge in [-0.1, -0.05) is 11.6 Å². The maximum absolute atomic E-state index is 11.6. The molecular formula is C13H15ClN2O2. The lowest BCUT2D eigenvalue weighted by atomic mass is 10.1. The smallest absolute Gasteiger partial charge is 0.244 e. The summed E-state index contributed by atoms with van der Waals surface area (Å²) in [5.74, 6) is -0.164. The van der Waals surface area contributed by atoms with Crippen molar-refractivity contribution in [3.8, 4) is 0 Å². The Hall–Kier alpha value is -1.39. The molecule has 0 aromatic carbocycles. The molecule has 2 rings (SSSR count). The van der Waals surface area contributed by atoms with E-state index in [2.05, 4.69) is 10.3 Å².